The molecule has 0 saturated carbocycles. The van der Waals surface area contributed by atoms with Crippen LogP contribution in [0.5, 0.6) is 0 Å². The molecule has 2 rings (SSSR count). The fourth-order valence-corrected chi connectivity index (χ4v) is 1.91. The van der Waals surface area contributed by atoms with Gasteiger partial charge in [0.15, 0.2) is 0 Å². The fraction of sp³-hybridized carbons (Fsp3) is 0. The lowest BCUT2D eigenvalue weighted by molar-refractivity contribution is -0.385. The van der Waals surface area contributed by atoms with Gasteiger partial charge >= 0.3 is 0 Å². The van der Waals surface area contributed by atoms with Crippen LogP contribution in [-0.2, 0) is 0 Å². The van der Waals surface area contributed by atoms with Crippen molar-refractivity contribution in [2.24, 2.45) is 0 Å². The van der Waals surface area contributed by atoms with Crippen LogP contribution in [0.25, 0.3) is 12.2 Å². The molecule has 0 radical (unpaired) electrons. The summed E-state index contributed by atoms with van der Waals surface area (Å²) < 4.78 is 1.16. The predicted molar refractivity (Wildman–Crippen MR) is 81.2 cm³/mol. The van der Waals surface area contributed by atoms with Gasteiger partial charge in [-0.1, -0.05) is 30.3 Å². The van der Waals surface area contributed by atoms with Crippen LogP contribution < -0.4 is 0 Å². The van der Waals surface area contributed by atoms with Crippen LogP contribution in [0.15, 0.2) is 48.5 Å². The van der Waals surface area contributed by atoms with E-state index in [4.69, 9.17) is 0 Å². The van der Waals surface area contributed by atoms with E-state index < -0.39 is 0 Å². The number of nitrogens with zero attached hydrogens (tertiary/aromatic N) is 1. The molecular weight excluding hydrogens is 341 g/mol. The highest BCUT2D eigenvalue weighted by molar-refractivity contribution is 14.1. The second kappa shape index (κ2) is 5.77. The van der Waals surface area contributed by atoms with E-state index in [2.05, 4.69) is 22.6 Å². The molecule has 0 bridgehead atoms. The first-order chi connectivity index (χ1) is 8.66. The summed E-state index contributed by atoms with van der Waals surface area (Å²) in [4.78, 5) is 10.5. The standard InChI is InChI=1S/C14H10INO2/c15-13-9-6-11(7-10-13)5-8-12-3-1-2-4-14(12)16(17)18/h1-10H. The number of nitro benzene ring substituents is 1. The van der Waals surface area contributed by atoms with E-state index in [1.807, 2.05) is 30.3 Å². The molecule has 0 aromatic heterocycles. The Bertz CT molecular complexity index is 591. The Morgan fingerprint density at radius 2 is 1.67 bits per heavy atom. The van der Waals surface area contributed by atoms with Crippen molar-refractivity contribution in [2.45, 2.75) is 0 Å². The van der Waals surface area contributed by atoms with Gasteiger partial charge in [-0.2, -0.15) is 0 Å². The summed E-state index contributed by atoms with van der Waals surface area (Å²) in [7, 11) is 0. The van der Waals surface area contributed by atoms with Gasteiger partial charge in [0.1, 0.15) is 0 Å². The molecule has 90 valence electrons. The van der Waals surface area contributed by atoms with E-state index in [9.17, 15) is 10.1 Å². The molecule has 0 spiro atoms. The molecule has 0 heterocycles. The summed E-state index contributed by atoms with van der Waals surface area (Å²) in [5.74, 6) is 0. The van der Waals surface area contributed by atoms with Crippen molar-refractivity contribution in [1.29, 1.82) is 0 Å². The summed E-state index contributed by atoms with van der Waals surface area (Å²) >= 11 is 2.24. The molecule has 4 heteroatoms. The number of nitro groups is 1. The SMILES string of the molecule is O=[N+]([O-])c1ccccc1C=Cc1ccc(I)cc1. The van der Waals surface area contributed by atoms with Crippen LogP contribution in [0.2, 0.25) is 0 Å². The summed E-state index contributed by atoms with van der Waals surface area (Å²) in [6.07, 6.45) is 3.64. The maximum absolute atomic E-state index is 10.8. The Labute approximate surface area is 118 Å². The van der Waals surface area contributed by atoms with Crippen LogP contribution in [0.4, 0.5) is 5.69 Å². The number of hydrogen-bond acceptors (Lipinski definition) is 2. The minimum atomic E-state index is -0.367. The minimum absolute atomic E-state index is 0.124. The molecule has 2 aromatic carbocycles. The van der Waals surface area contributed by atoms with Crippen molar-refractivity contribution < 1.29 is 4.92 Å². The van der Waals surface area contributed by atoms with Gasteiger partial charge in [-0.3, -0.25) is 10.1 Å². The second-order valence-corrected chi connectivity index (χ2v) is 4.95. The largest absolute Gasteiger partial charge is 0.276 e. The van der Waals surface area contributed by atoms with Gasteiger partial charge in [-0.15, -0.1) is 0 Å². The van der Waals surface area contributed by atoms with Gasteiger partial charge in [0.05, 0.1) is 10.5 Å². The quantitative estimate of drug-likeness (QED) is 0.357. The van der Waals surface area contributed by atoms with Crippen LogP contribution >= 0.6 is 22.6 Å². The van der Waals surface area contributed by atoms with Gasteiger partial charge in [0.2, 0.25) is 0 Å². The van der Waals surface area contributed by atoms with E-state index in [0.717, 1.165) is 9.13 Å². The first-order valence-electron chi connectivity index (χ1n) is 5.34. The molecule has 2 aromatic rings. The first-order valence-corrected chi connectivity index (χ1v) is 6.42. The lowest BCUT2D eigenvalue weighted by atomic mass is 10.1. The molecule has 0 N–H and O–H groups in total. The molecule has 0 fully saturated rings. The Morgan fingerprint density at radius 3 is 2.33 bits per heavy atom. The van der Waals surface area contributed by atoms with Crippen LogP contribution in [0, 0.1) is 13.7 Å². The summed E-state index contributed by atoms with van der Waals surface area (Å²) in [5.41, 5.74) is 1.76. The van der Waals surface area contributed by atoms with Gasteiger partial charge in [0.25, 0.3) is 5.69 Å². The Morgan fingerprint density at radius 1 is 1.00 bits per heavy atom. The lowest BCUT2D eigenvalue weighted by Gasteiger charge is -1.97. The zero-order valence-corrected chi connectivity index (χ0v) is 11.6. The molecule has 0 saturated heterocycles. The lowest BCUT2D eigenvalue weighted by Crippen LogP contribution is -1.90. The average molecular weight is 351 g/mol. The van der Waals surface area contributed by atoms with E-state index in [1.54, 1.807) is 24.3 Å². The molecule has 0 aliphatic heterocycles. The van der Waals surface area contributed by atoms with Gasteiger partial charge in [-0.05, 0) is 52.4 Å². The third-order valence-electron chi connectivity index (χ3n) is 2.46. The smallest absolute Gasteiger partial charge is 0.258 e. The number of benzene rings is 2. The highest BCUT2D eigenvalue weighted by Gasteiger charge is 2.08. The van der Waals surface area contributed by atoms with E-state index >= 15 is 0 Å². The van der Waals surface area contributed by atoms with E-state index in [1.165, 1.54) is 6.07 Å². The molecular formula is C14H10INO2. The minimum Gasteiger partial charge on any atom is -0.258 e. The molecule has 18 heavy (non-hydrogen) atoms. The average Bonchev–Trinajstić information content (AvgIpc) is 2.38. The summed E-state index contributed by atoms with van der Waals surface area (Å²) in [5, 5.41) is 10.8. The van der Waals surface area contributed by atoms with Crippen molar-refractivity contribution in [1.82, 2.24) is 0 Å². The van der Waals surface area contributed by atoms with E-state index in [-0.39, 0.29) is 10.6 Å². The number of halogens is 1. The van der Waals surface area contributed by atoms with Gasteiger partial charge in [-0.25, -0.2) is 0 Å². The molecule has 0 amide bonds. The normalized spacial score (nSPS) is 10.7. The maximum Gasteiger partial charge on any atom is 0.276 e. The van der Waals surface area contributed by atoms with Crippen molar-refractivity contribution in [3.8, 4) is 0 Å². The summed E-state index contributed by atoms with van der Waals surface area (Å²) in [6.45, 7) is 0. The fourth-order valence-electron chi connectivity index (χ4n) is 1.55. The molecule has 0 aliphatic rings. The third kappa shape index (κ3) is 3.16. The van der Waals surface area contributed by atoms with Crippen LogP contribution in [0.1, 0.15) is 11.1 Å². The second-order valence-electron chi connectivity index (χ2n) is 3.70. The Kier molecular flexibility index (Phi) is 4.09. The third-order valence-corrected chi connectivity index (χ3v) is 3.18. The highest BCUT2D eigenvalue weighted by atomic mass is 127. The van der Waals surface area contributed by atoms with Crippen molar-refractivity contribution in [3.05, 3.63) is 73.3 Å². The topological polar surface area (TPSA) is 43.1 Å². The van der Waals surface area contributed by atoms with Crippen LogP contribution in [0.3, 0.4) is 0 Å². The highest BCUT2D eigenvalue weighted by Crippen LogP contribution is 2.20. The molecule has 0 atom stereocenters. The van der Waals surface area contributed by atoms with Crippen molar-refractivity contribution >= 4 is 40.4 Å². The zero-order chi connectivity index (χ0) is 13.0. The van der Waals surface area contributed by atoms with Gasteiger partial charge in [0, 0.05) is 9.64 Å². The number of para-hydroxylation sites is 1. The summed E-state index contributed by atoms with van der Waals surface area (Å²) in [6, 6.07) is 14.7. The Hall–Kier alpha value is -1.69. The molecule has 0 unspecified atom stereocenters. The maximum atomic E-state index is 10.8. The molecule has 0 aliphatic carbocycles. The van der Waals surface area contributed by atoms with E-state index in [0.29, 0.717) is 5.56 Å². The van der Waals surface area contributed by atoms with Gasteiger partial charge < -0.3 is 0 Å². The number of hydrogen-bond donors (Lipinski definition) is 0. The monoisotopic (exact) mass is 351 g/mol. The number of rotatable bonds is 3. The van der Waals surface area contributed by atoms with Crippen LogP contribution in [-0.4, -0.2) is 4.92 Å². The van der Waals surface area contributed by atoms with Crippen molar-refractivity contribution in [3.63, 3.8) is 0 Å². The Balaban J connectivity index is 2.29. The van der Waals surface area contributed by atoms with Crippen molar-refractivity contribution in [2.75, 3.05) is 0 Å². The zero-order valence-electron chi connectivity index (χ0n) is 9.42. The molecule has 3 nitrogen and oxygen atoms in total. The first kappa shape index (κ1) is 12.8. The predicted octanol–water partition coefficient (Wildman–Crippen LogP) is 4.37.